The summed E-state index contributed by atoms with van der Waals surface area (Å²) in [5, 5.41) is 122. The zero-order chi connectivity index (χ0) is 56.2. The second-order valence-corrected chi connectivity index (χ2v) is 25.6. The Labute approximate surface area is 445 Å². The highest BCUT2D eigenvalue weighted by molar-refractivity contribution is 5.87. The summed E-state index contributed by atoms with van der Waals surface area (Å²) in [6.07, 6.45) is -20.3. The molecule has 4 saturated carbocycles. The summed E-state index contributed by atoms with van der Waals surface area (Å²) in [6.45, 7) is 19.1. The van der Waals surface area contributed by atoms with Crippen molar-refractivity contribution >= 4 is 11.9 Å². The van der Waals surface area contributed by atoms with E-state index in [4.69, 9.17) is 37.9 Å². The summed E-state index contributed by atoms with van der Waals surface area (Å²) in [4.78, 5) is 26.4. The topological polar surface area (TPSA) is 331 Å². The average molecular weight is 1090 g/mol. The predicted molar refractivity (Wildman–Crippen MR) is 266 cm³/mol. The van der Waals surface area contributed by atoms with E-state index < -0.39 is 176 Å². The van der Waals surface area contributed by atoms with Crippen LogP contribution in [0.5, 0.6) is 0 Å². The molecule has 21 nitrogen and oxygen atoms in total. The Bertz CT molecular complexity index is 2170. The summed E-state index contributed by atoms with van der Waals surface area (Å²) >= 11 is 0. The minimum atomic E-state index is -1.91. The Balaban J connectivity index is 1.11. The molecule has 11 N–H and O–H groups in total. The molecule has 7 fully saturated rings. The molecule has 5 aliphatic carbocycles. The van der Waals surface area contributed by atoms with E-state index in [0.29, 0.717) is 31.3 Å². The summed E-state index contributed by atoms with van der Waals surface area (Å²) in [7, 11) is 0. The van der Waals surface area contributed by atoms with Crippen molar-refractivity contribution in [3.63, 3.8) is 0 Å². The Morgan fingerprint density at radius 1 is 0.671 bits per heavy atom. The molecule has 0 aromatic carbocycles. The normalized spacial score (nSPS) is 51.0. The molecule has 0 bridgehead atoms. The van der Waals surface area contributed by atoms with Crippen molar-refractivity contribution in [2.24, 2.45) is 50.2 Å². The second kappa shape index (κ2) is 21.6. The van der Waals surface area contributed by atoms with Gasteiger partial charge in [0, 0.05) is 17.9 Å². The number of aliphatic hydroxyl groups excluding tert-OH is 11. The van der Waals surface area contributed by atoms with Crippen LogP contribution in [0.2, 0.25) is 0 Å². The fourth-order valence-electron chi connectivity index (χ4n) is 16.2. The molecule has 0 unspecified atom stereocenters. The molecule has 0 amide bonds. The molecule has 8 rings (SSSR count). The predicted octanol–water partition coefficient (Wildman–Crippen LogP) is 0.642. The summed E-state index contributed by atoms with van der Waals surface area (Å²) in [5.74, 6) is -1.53. The molecule has 3 heterocycles. The summed E-state index contributed by atoms with van der Waals surface area (Å²) in [6, 6.07) is 0. The van der Waals surface area contributed by atoms with Gasteiger partial charge in [0.25, 0.3) is 0 Å². The Kier molecular flexibility index (Phi) is 17.0. The smallest absolute Gasteiger partial charge is 0.333 e. The first-order valence-electron chi connectivity index (χ1n) is 27.4. The molecule has 3 saturated heterocycles. The molecule has 21 heteroatoms. The fourth-order valence-corrected chi connectivity index (χ4v) is 16.2. The molecule has 434 valence electrons. The van der Waals surface area contributed by atoms with Crippen molar-refractivity contribution in [2.75, 3.05) is 19.8 Å². The van der Waals surface area contributed by atoms with Gasteiger partial charge in [0.1, 0.15) is 79.4 Å². The number of esters is 2. The van der Waals surface area contributed by atoms with Crippen molar-refractivity contribution < 1.29 is 104 Å². The van der Waals surface area contributed by atoms with Gasteiger partial charge in [0.05, 0.1) is 43.5 Å². The van der Waals surface area contributed by atoms with E-state index in [1.54, 1.807) is 19.9 Å². The van der Waals surface area contributed by atoms with Crippen LogP contribution < -0.4 is 0 Å². The molecule has 3 aliphatic heterocycles. The second-order valence-electron chi connectivity index (χ2n) is 25.6. The highest BCUT2D eigenvalue weighted by Crippen LogP contribution is 2.76. The van der Waals surface area contributed by atoms with E-state index in [2.05, 4.69) is 40.7 Å². The van der Waals surface area contributed by atoms with Gasteiger partial charge in [0.2, 0.25) is 0 Å². The van der Waals surface area contributed by atoms with Crippen molar-refractivity contribution in [3.05, 3.63) is 23.3 Å². The van der Waals surface area contributed by atoms with Crippen LogP contribution in [-0.2, 0) is 47.5 Å². The first kappa shape index (κ1) is 59.9. The molecular formula is C55H88O21. The maximum atomic E-state index is 13.4. The van der Waals surface area contributed by atoms with Crippen LogP contribution in [0.3, 0.4) is 0 Å². The Morgan fingerprint density at radius 3 is 1.87 bits per heavy atom. The van der Waals surface area contributed by atoms with Crippen molar-refractivity contribution in [3.8, 4) is 0 Å². The van der Waals surface area contributed by atoms with Gasteiger partial charge in [-0.1, -0.05) is 66.2 Å². The number of hydrogen-bond donors (Lipinski definition) is 11. The molecule has 0 radical (unpaired) electrons. The number of rotatable bonds is 12. The monoisotopic (exact) mass is 1080 g/mol. The lowest BCUT2D eigenvalue weighted by atomic mass is 9.33. The van der Waals surface area contributed by atoms with E-state index in [0.717, 1.165) is 18.4 Å². The van der Waals surface area contributed by atoms with Crippen LogP contribution in [0.25, 0.3) is 0 Å². The molecular weight excluding hydrogens is 997 g/mol. The van der Waals surface area contributed by atoms with E-state index in [9.17, 15) is 65.8 Å². The van der Waals surface area contributed by atoms with Crippen LogP contribution in [0.4, 0.5) is 0 Å². The van der Waals surface area contributed by atoms with Crippen molar-refractivity contribution in [1.29, 1.82) is 0 Å². The first-order valence-corrected chi connectivity index (χ1v) is 27.4. The van der Waals surface area contributed by atoms with Gasteiger partial charge in [-0.25, -0.2) is 4.79 Å². The van der Waals surface area contributed by atoms with Crippen molar-refractivity contribution in [1.82, 2.24) is 0 Å². The maximum Gasteiger partial charge on any atom is 0.333 e. The van der Waals surface area contributed by atoms with E-state index in [1.807, 2.05) is 13.8 Å². The third kappa shape index (κ3) is 9.47. The Morgan fingerprint density at radius 2 is 1.26 bits per heavy atom. The highest BCUT2D eigenvalue weighted by atomic mass is 16.8. The molecule has 8 aliphatic rings. The van der Waals surface area contributed by atoms with Gasteiger partial charge < -0.3 is 94.1 Å². The maximum absolute atomic E-state index is 13.4. The Hall–Kier alpha value is -2.26. The van der Waals surface area contributed by atoms with Crippen LogP contribution in [-0.4, -0.2) is 204 Å². The van der Waals surface area contributed by atoms with Crippen LogP contribution in [0, 0.1) is 50.2 Å². The minimum absolute atomic E-state index is 0.0123. The number of carbonyl (C=O) groups is 2. The lowest BCUT2D eigenvalue weighted by molar-refractivity contribution is -0.398. The largest absolute Gasteiger partial charge is 0.458 e. The van der Waals surface area contributed by atoms with Crippen molar-refractivity contribution in [2.45, 2.75) is 238 Å². The lowest BCUT2D eigenvalue weighted by Gasteiger charge is -2.72. The minimum Gasteiger partial charge on any atom is -0.458 e. The van der Waals surface area contributed by atoms with Crippen LogP contribution in [0.1, 0.15) is 121 Å². The van der Waals surface area contributed by atoms with Gasteiger partial charge in [-0.3, -0.25) is 4.79 Å². The fraction of sp³-hybridized carbons (Fsp3) is 0.891. The number of carbonyl (C=O) groups excluding carboxylic acids is 2. The van der Waals surface area contributed by atoms with Gasteiger partial charge in [-0.15, -0.1) is 0 Å². The molecule has 0 aromatic heterocycles. The van der Waals surface area contributed by atoms with Gasteiger partial charge in [-0.2, -0.15) is 0 Å². The number of aliphatic hydroxyl groups is 11. The first-order chi connectivity index (χ1) is 35.4. The zero-order valence-corrected chi connectivity index (χ0v) is 45.9. The van der Waals surface area contributed by atoms with Gasteiger partial charge in [-0.05, 0) is 105 Å². The van der Waals surface area contributed by atoms with Crippen LogP contribution >= 0.6 is 0 Å². The lowest BCUT2D eigenvalue weighted by Crippen LogP contribution is -2.72. The van der Waals surface area contributed by atoms with Gasteiger partial charge in [0.15, 0.2) is 18.9 Å². The number of fused-ring (bicyclic) bond motifs is 7. The number of allylic oxidation sites excluding steroid dienone is 3. The standard InChI is InChI=1S/C55H88O21/c1-12-24(2)46(68)76-44-45(70-26(4)59)55(23-58)28(19-50(44,5)6)27-13-14-32-52(9)17-16-34(51(7,8)31(52)15-18-53(32,10)54(27,11)20-33(55)60)73-49-43(75-48-41(67)39(65)36(62)29(21-56)71-48)42(37(63)30(22-57)72-49)74-47-40(66)38(64)35(61)25(3)69-47/h12-13,25,28-45,47-49,56-58,60-67H,14-23H2,1-11H3/b24-12+/t25-,28-,29+,30+,31-,32+,33+,34-,35-,36-,37+,38+,39-,40+,41+,42-,43+,44-,45-,47-,48-,49-,52-,53+,54+,55-/m0/s1. The summed E-state index contributed by atoms with van der Waals surface area (Å²) in [5.41, 5.74) is -2.58. The third-order valence-electron chi connectivity index (χ3n) is 20.9. The quantitative estimate of drug-likeness (QED) is 0.0553. The SMILES string of the molecule is C/C=C(\C)C(=O)O[C@H]1[C@H](OC(C)=O)[C@]2(CO)[C@H](O)C[C@]3(C)C(=CC[C@@H]4[C@@]5(C)CC[C@H](O[C@@H]6O[C@H](CO)[C@@H](O)[C@H](O[C@@H]7O[C@@H](C)[C@H](O)[C@@H](O)[C@H]7O)[C@H]6O[C@@H]6O[C@H](CO)[C@H](O)[C@H](O)[C@H]6O)C(C)(C)[C@@H]5CC[C@]43C)[C@@H]2CC1(C)C. The molecule has 0 spiro atoms. The highest BCUT2D eigenvalue weighted by Gasteiger charge is 2.74. The summed E-state index contributed by atoms with van der Waals surface area (Å²) < 4.78 is 49.7. The van der Waals surface area contributed by atoms with E-state index in [-0.39, 0.29) is 29.1 Å². The third-order valence-corrected chi connectivity index (χ3v) is 20.9. The number of ether oxygens (including phenoxy) is 8. The van der Waals surface area contributed by atoms with Gasteiger partial charge >= 0.3 is 11.9 Å². The average Bonchev–Trinajstić information content (AvgIpc) is 3.45. The molecule has 0 aromatic rings. The zero-order valence-electron chi connectivity index (χ0n) is 45.9. The van der Waals surface area contributed by atoms with E-state index in [1.165, 1.54) is 13.8 Å². The molecule has 26 atom stereocenters. The number of hydrogen-bond acceptors (Lipinski definition) is 21. The van der Waals surface area contributed by atoms with E-state index >= 15 is 0 Å². The van der Waals surface area contributed by atoms with Crippen LogP contribution in [0.15, 0.2) is 23.3 Å². The molecule has 76 heavy (non-hydrogen) atoms.